The third-order valence-corrected chi connectivity index (χ3v) is 4.37. The van der Waals surface area contributed by atoms with E-state index in [1.54, 1.807) is 23.5 Å². The zero-order chi connectivity index (χ0) is 16.8. The molecule has 7 nitrogen and oxygen atoms in total. The Balaban J connectivity index is 1.74. The van der Waals surface area contributed by atoms with Crippen molar-refractivity contribution in [1.29, 1.82) is 0 Å². The lowest BCUT2D eigenvalue weighted by molar-refractivity contribution is -0.384. The number of benzene rings is 1. The number of carbonyl (C=O) groups is 1. The minimum atomic E-state index is -0.429. The Hall–Kier alpha value is -2.48. The van der Waals surface area contributed by atoms with Crippen LogP contribution in [0.5, 0.6) is 0 Å². The Morgan fingerprint density at radius 2 is 2.13 bits per heavy atom. The molecule has 0 saturated heterocycles. The molecule has 2 N–H and O–H groups in total. The largest absolute Gasteiger partial charge is 0.338 e. The molecule has 0 fully saturated rings. The van der Waals surface area contributed by atoms with E-state index >= 15 is 0 Å². The van der Waals surface area contributed by atoms with Gasteiger partial charge in [0.05, 0.1) is 17.2 Å². The van der Waals surface area contributed by atoms with Gasteiger partial charge in [-0.15, -0.1) is 11.3 Å². The van der Waals surface area contributed by atoms with E-state index in [1.807, 2.05) is 13.8 Å². The van der Waals surface area contributed by atoms with Gasteiger partial charge < -0.3 is 10.6 Å². The quantitative estimate of drug-likeness (QED) is 0.627. The fraction of sp³-hybridized carbons (Fsp3) is 0.333. The maximum absolute atomic E-state index is 11.7. The summed E-state index contributed by atoms with van der Waals surface area (Å²) in [5.41, 5.74) is 1.85. The van der Waals surface area contributed by atoms with Gasteiger partial charge in [0.25, 0.3) is 5.69 Å². The molecule has 0 aliphatic heterocycles. The van der Waals surface area contributed by atoms with E-state index in [9.17, 15) is 14.9 Å². The minimum absolute atomic E-state index is 0.0569. The van der Waals surface area contributed by atoms with Crippen LogP contribution in [0.1, 0.15) is 21.1 Å². The number of nitrogens with zero attached hydrogens (tertiary/aromatic N) is 2. The molecule has 1 aromatic carbocycles. The molecular formula is C15H18N4O3S. The van der Waals surface area contributed by atoms with Crippen molar-refractivity contribution in [3.05, 3.63) is 55.5 Å². The summed E-state index contributed by atoms with van der Waals surface area (Å²) in [6.07, 6.45) is 0.532. The fourth-order valence-electron chi connectivity index (χ4n) is 1.98. The Kier molecular flexibility index (Phi) is 5.64. The summed E-state index contributed by atoms with van der Waals surface area (Å²) in [6.45, 7) is 4.73. The van der Waals surface area contributed by atoms with Crippen LogP contribution in [0, 0.1) is 24.0 Å². The first-order chi connectivity index (χ1) is 11.0. The number of hydrogen-bond acceptors (Lipinski definition) is 5. The summed E-state index contributed by atoms with van der Waals surface area (Å²) < 4.78 is 0. The predicted octanol–water partition coefficient (Wildman–Crippen LogP) is 2.71. The number of rotatable bonds is 6. The highest BCUT2D eigenvalue weighted by Gasteiger charge is 2.07. The molecule has 23 heavy (non-hydrogen) atoms. The number of nitro groups is 1. The van der Waals surface area contributed by atoms with Gasteiger partial charge >= 0.3 is 6.03 Å². The fourth-order valence-corrected chi connectivity index (χ4v) is 2.85. The summed E-state index contributed by atoms with van der Waals surface area (Å²) in [7, 11) is 0. The van der Waals surface area contributed by atoms with Crippen LogP contribution in [-0.2, 0) is 13.0 Å². The number of non-ortho nitro benzene ring substituents is 1. The molecule has 2 aromatic rings. The van der Waals surface area contributed by atoms with Gasteiger partial charge in [0.1, 0.15) is 5.01 Å². The Bertz CT molecular complexity index is 695. The average Bonchev–Trinajstić information content (AvgIpc) is 2.84. The maximum atomic E-state index is 11.7. The minimum Gasteiger partial charge on any atom is -0.338 e. The number of nitrogens with one attached hydrogen (secondary N) is 2. The molecule has 0 bridgehead atoms. The zero-order valence-electron chi connectivity index (χ0n) is 13.0. The summed E-state index contributed by atoms with van der Waals surface area (Å²) in [4.78, 5) is 27.5. The molecule has 2 amide bonds. The summed E-state index contributed by atoms with van der Waals surface area (Å²) in [6, 6.07) is 6.12. The van der Waals surface area contributed by atoms with E-state index in [-0.39, 0.29) is 11.7 Å². The van der Waals surface area contributed by atoms with Gasteiger partial charge in [0, 0.05) is 23.6 Å². The van der Waals surface area contributed by atoms with Crippen LogP contribution in [0.25, 0.3) is 0 Å². The summed E-state index contributed by atoms with van der Waals surface area (Å²) >= 11 is 1.56. The molecule has 0 aliphatic rings. The molecule has 1 aromatic heterocycles. The first-order valence-electron chi connectivity index (χ1n) is 7.13. The molecule has 2 rings (SSSR count). The topological polar surface area (TPSA) is 97.2 Å². The van der Waals surface area contributed by atoms with Crippen LogP contribution >= 0.6 is 11.3 Å². The predicted molar refractivity (Wildman–Crippen MR) is 88.6 cm³/mol. The van der Waals surface area contributed by atoms with Crippen molar-refractivity contribution in [3.8, 4) is 0 Å². The van der Waals surface area contributed by atoms with Gasteiger partial charge in [-0.25, -0.2) is 9.78 Å². The molecule has 122 valence electrons. The number of hydrogen-bond donors (Lipinski definition) is 2. The second kappa shape index (κ2) is 7.68. The molecule has 0 saturated carbocycles. The van der Waals surface area contributed by atoms with Gasteiger partial charge in [-0.1, -0.05) is 12.1 Å². The molecule has 0 aliphatic carbocycles. The maximum Gasteiger partial charge on any atom is 0.315 e. The number of thiazole rings is 1. The van der Waals surface area contributed by atoms with Crippen LogP contribution in [0.4, 0.5) is 10.5 Å². The third-order valence-electron chi connectivity index (χ3n) is 3.29. The van der Waals surface area contributed by atoms with E-state index in [0.717, 1.165) is 21.1 Å². The smallest absolute Gasteiger partial charge is 0.315 e. The van der Waals surface area contributed by atoms with Gasteiger partial charge in [0.15, 0.2) is 0 Å². The van der Waals surface area contributed by atoms with E-state index < -0.39 is 4.92 Å². The lowest BCUT2D eigenvalue weighted by Crippen LogP contribution is -2.36. The first-order valence-corrected chi connectivity index (χ1v) is 7.95. The van der Waals surface area contributed by atoms with E-state index in [2.05, 4.69) is 15.6 Å². The molecular weight excluding hydrogens is 316 g/mol. The number of urea groups is 1. The molecule has 0 spiro atoms. The number of carbonyl (C=O) groups excluding carboxylic acids is 1. The second-order valence-corrected chi connectivity index (χ2v) is 6.32. The highest BCUT2D eigenvalue weighted by molar-refractivity contribution is 7.11. The lowest BCUT2D eigenvalue weighted by Gasteiger charge is -2.06. The number of nitro benzene ring substituents is 1. The zero-order valence-corrected chi connectivity index (χ0v) is 13.8. The number of aryl methyl sites for hydroxylation is 2. The molecule has 0 radical (unpaired) electrons. The monoisotopic (exact) mass is 334 g/mol. The van der Waals surface area contributed by atoms with Crippen LogP contribution in [0.15, 0.2) is 24.3 Å². The van der Waals surface area contributed by atoms with Crippen LogP contribution in [0.2, 0.25) is 0 Å². The highest BCUT2D eigenvalue weighted by Crippen LogP contribution is 2.16. The molecule has 1 heterocycles. The van der Waals surface area contributed by atoms with Crippen molar-refractivity contribution in [2.24, 2.45) is 0 Å². The number of aromatic nitrogens is 1. The molecule has 0 atom stereocenters. The highest BCUT2D eigenvalue weighted by atomic mass is 32.1. The standard InChI is InChI=1S/C15H18N4O3S/c1-10-11(2)23-14(18-10)9-17-15(20)16-7-6-12-4-3-5-13(8-12)19(21)22/h3-5,8H,6-7,9H2,1-2H3,(H2,16,17,20). The van der Waals surface area contributed by atoms with E-state index in [0.29, 0.717) is 19.5 Å². The summed E-state index contributed by atoms with van der Waals surface area (Å²) in [5, 5.41) is 17.0. The van der Waals surface area contributed by atoms with E-state index in [4.69, 9.17) is 0 Å². The van der Waals surface area contributed by atoms with Crippen molar-refractivity contribution in [2.45, 2.75) is 26.8 Å². The first kappa shape index (κ1) is 16.9. The molecule has 0 unspecified atom stereocenters. The van der Waals surface area contributed by atoms with Crippen LogP contribution in [0.3, 0.4) is 0 Å². The Morgan fingerprint density at radius 3 is 2.78 bits per heavy atom. The van der Waals surface area contributed by atoms with Gasteiger partial charge in [-0.2, -0.15) is 0 Å². The van der Waals surface area contributed by atoms with Gasteiger partial charge in [-0.05, 0) is 25.8 Å². The van der Waals surface area contributed by atoms with Gasteiger partial charge in [-0.3, -0.25) is 10.1 Å². The van der Waals surface area contributed by atoms with Crippen molar-refractivity contribution < 1.29 is 9.72 Å². The Labute approximate surface area is 137 Å². The second-order valence-electron chi connectivity index (χ2n) is 5.04. The van der Waals surface area contributed by atoms with Crippen molar-refractivity contribution in [3.63, 3.8) is 0 Å². The Morgan fingerprint density at radius 1 is 1.35 bits per heavy atom. The molecule has 8 heteroatoms. The number of amides is 2. The van der Waals surface area contributed by atoms with Crippen molar-refractivity contribution >= 4 is 23.1 Å². The third kappa shape index (κ3) is 5.03. The normalized spacial score (nSPS) is 10.3. The van der Waals surface area contributed by atoms with Crippen molar-refractivity contribution in [1.82, 2.24) is 15.6 Å². The SMILES string of the molecule is Cc1nc(CNC(=O)NCCc2cccc([N+](=O)[O-])c2)sc1C. The lowest BCUT2D eigenvalue weighted by atomic mass is 10.1. The van der Waals surface area contributed by atoms with Gasteiger partial charge in [0.2, 0.25) is 0 Å². The van der Waals surface area contributed by atoms with Crippen LogP contribution < -0.4 is 10.6 Å². The van der Waals surface area contributed by atoms with Crippen LogP contribution in [-0.4, -0.2) is 22.5 Å². The summed E-state index contributed by atoms with van der Waals surface area (Å²) in [5.74, 6) is 0. The average molecular weight is 334 g/mol. The van der Waals surface area contributed by atoms with Crippen molar-refractivity contribution in [2.75, 3.05) is 6.54 Å². The van der Waals surface area contributed by atoms with E-state index in [1.165, 1.54) is 12.1 Å².